The molecule has 2 aromatic rings. The number of nitrogens with zero attached hydrogens (tertiary/aromatic N) is 1. The van der Waals surface area contributed by atoms with Gasteiger partial charge in [-0.05, 0) is 17.7 Å². The molecule has 2 rings (SSSR count). The molecule has 0 fully saturated rings. The van der Waals surface area contributed by atoms with E-state index in [1.165, 1.54) is 23.5 Å². The molecule has 0 saturated heterocycles. The predicted octanol–water partition coefficient (Wildman–Crippen LogP) is 2.49. The number of benzene rings is 1. The van der Waals surface area contributed by atoms with Gasteiger partial charge in [-0.25, -0.2) is 14.2 Å². The van der Waals surface area contributed by atoms with Crippen LogP contribution in [0.4, 0.5) is 14.3 Å². The van der Waals surface area contributed by atoms with E-state index in [9.17, 15) is 9.18 Å². The highest BCUT2D eigenvalue weighted by atomic mass is 32.1. The molecule has 0 saturated carbocycles. The van der Waals surface area contributed by atoms with Crippen LogP contribution in [-0.4, -0.2) is 11.0 Å². The molecule has 0 aliphatic rings. The molecule has 0 unspecified atom stereocenters. The number of amides is 2. The first-order chi connectivity index (χ1) is 9.13. The van der Waals surface area contributed by atoms with E-state index in [1.807, 2.05) is 0 Å². The Morgan fingerprint density at radius 3 is 3.05 bits per heavy atom. The maximum atomic E-state index is 12.9. The Morgan fingerprint density at radius 2 is 2.32 bits per heavy atom. The molecule has 3 N–H and O–H groups in total. The second-order valence-electron chi connectivity index (χ2n) is 3.76. The molecular weight excluding hydrogens is 269 g/mol. The molecule has 0 radical (unpaired) electrons. The molecule has 1 heterocycles. The first-order valence-corrected chi connectivity index (χ1v) is 6.34. The van der Waals surface area contributed by atoms with Gasteiger partial charge in [0, 0.05) is 5.38 Å². The van der Waals surface area contributed by atoms with Gasteiger partial charge in [-0.3, -0.25) is 5.32 Å². The third-order valence-corrected chi connectivity index (χ3v) is 3.00. The van der Waals surface area contributed by atoms with E-state index in [0.717, 1.165) is 5.56 Å². The number of primary amides is 1. The number of hydrogen-bond donors (Lipinski definition) is 2. The van der Waals surface area contributed by atoms with Crippen molar-refractivity contribution in [1.29, 1.82) is 0 Å². The van der Waals surface area contributed by atoms with E-state index >= 15 is 0 Å². The zero-order valence-electron chi connectivity index (χ0n) is 9.93. The fourth-order valence-electron chi connectivity index (χ4n) is 1.44. The predicted molar refractivity (Wildman–Crippen MR) is 70.2 cm³/mol. The SMILES string of the molecule is NC(=O)Nc1nc(COCc2cccc(F)c2)cs1. The van der Waals surface area contributed by atoms with Gasteiger partial charge in [-0.1, -0.05) is 12.1 Å². The van der Waals surface area contributed by atoms with E-state index in [2.05, 4.69) is 10.3 Å². The second kappa shape index (κ2) is 6.26. The van der Waals surface area contributed by atoms with Gasteiger partial charge in [0.05, 0.1) is 18.9 Å². The molecule has 100 valence electrons. The largest absolute Gasteiger partial charge is 0.370 e. The summed E-state index contributed by atoms with van der Waals surface area (Å²) in [6, 6.07) is 5.56. The molecule has 5 nitrogen and oxygen atoms in total. The van der Waals surface area contributed by atoms with Crippen molar-refractivity contribution in [2.45, 2.75) is 13.2 Å². The fourth-order valence-corrected chi connectivity index (χ4v) is 2.13. The number of anilines is 1. The minimum atomic E-state index is -0.651. The molecule has 7 heteroatoms. The number of urea groups is 1. The number of halogens is 1. The zero-order valence-corrected chi connectivity index (χ0v) is 10.7. The molecule has 1 aromatic carbocycles. The number of rotatable bonds is 5. The number of thiazole rings is 1. The molecule has 0 spiro atoms. The van der Waals surface area contributed by atoms with Crippen molar-refractivity contribution in [2.75, 3.05) is 5.32 Å². The lowest BCUT2D eigenvalue weighted by molar-refractivity contribution is 0.105. The second-order valence-corrected chi connectivity index (χ2v) is 4.61. The van der Waals surface area contributed by atoms with Crippen LogP contribution in [0.25, 0.3) is 0 Å². The molecule has 0 bridgehead atoms. The van der Waals surface area contributed by atoms with Crippen molar-refractivity contribution in [2.24, 2.45) is 5.73 Å². The van der Waals surface area contributed by atoms with Crippen LogP contribution in [-0.2, 0) is 18.0 Å². The number of nitrogens with one attached hydrogen (secondary N) is 1. The minimum absolute atomic E-state index is 0.285. The van der Waals surface area contributed by atoms with E-state index in [-0.39, 0.29) is 12.4 Å². The molecule has 1 aromatic heterocycles. The van der Waals surface area contributed by atoms with Crippen LogP contribution in [0.15, 0.2) is 29.6 Å². The van der Waals surface area contributed by atoms with Gasteiger partial charge in [0.1, 0.15) is 5.82 Å². The smallest absolute Gasteiger partial charge is 0.318 e. The van der Waals surface area contributed by atoms with Crippen molar-refractivity contribution < 1.29 is 13.9 Å². The summed E-state index contributed by atoms with van der Waals surface area (Å²) in [6.07, 6.45) is 0. The highest BCUT2D eigenvalue weighted by Crippen LogP contribution is 2.16. The van der Waals surface area contributed by atoms with Crippen LogP contribution in [0.5, 0.6) is 0 Å². The van der Waals surface area contributed by atoms with Gasteiger partial charge in [-0.15, -0.1) is 11.3 Å². The normalized spacial score (nSPS) is 10.4. The topological polar surface area (TPSA) is 77.2 Å². The highest BCUT2D eigenvalue weighted by Gasteiger charge is 2.04. The Hall–Kier alpha value is -1.99. The first kappa shape index (κ1) is 13.4. The molecule has 0 atom stereocenters. The van der Waals surface area contributed by atoms with Crippen molar-refractivity contribution in [3.8, 4) is 0 Å². The lowest BCUT2D eigenvalue weighted by Gasteiger charge is -2.02. The summed E-state index contributed by atoms with van der Waals surface area (Å²) in [7, 11) is 0. The van der Waals surface area contributed by atoms with E-state index in [0.29, 0.717) is 17.4 Å². The lowest BCUT2D eigenvalue weighted by atomic mass is 10.2. The van der Waals surface area contributed by atoms with Crippen molar-refractivity contribution in [3.63, 3.8) is 0 Å². The number of aromatic nitrogens is 1. The maximum absolute atomic E-state index is 12.9. The average molecular weight is 281 g/mol. The summed E-state index contributed by atoms with van der Waals surface area (Å²) in [4.78, 5) is 14.7. The van der Waals surface area contributed by atoms with Gasteiger partial charge in [0.25, 0.3) is 0 Å². The Morgan fingerprint density at radius 1 is 1.47 bits per heavy atom. The van der Waals surface area contributed by atoms with Crippen LogP contribution in [0.1, 0.15) is 11.3 Å². The van der Waals surface area contributed by atoms with Crippen LogP contribution in [0.3, 0.4) is 0 Å². The van der Waals surface area contributed by atoms with Crippen molar-refractivity contribution >= 4 is 22.5 Å². The van der Waals surface area contributed by atoms with Crippen LogP contribution < -0.4 is 11.1 Å². The molecule has 19 heavy (non-hydrogen) atoms. The summed E-state index contributed by atoms with van der Waals surface area (Å²) in [5, 5.41) is 4.57. The van der Waals surface area contributed by atoms with Gasteiger partial charge >= 0.3 is 6.03 Å². The third-order valence-electron chi connectivity index (χ3n) is 2.19. The molecule has 2 amide bonds. The lowest BCUT2D eigenvalue weighted by Crippen LogP contribution is -2.19. The number of ether oxygens (including phenoxy) is 1. The number of nitrogens with two attached hydrogens (primary N) is 1. The van der Waals surface area contributed by atoms with Crippen LogP contribution in [0, 0.1) is 5.82 Å². The molecule has 0 aliphatic carbocycles. The van der Waals surface area contributed by atoms with E-state index < -0.39 is 6.03 Å². The zero-order chi connectivity index (χ0) is 13.7. The van der Waals surface area contributed by atoms with Crippen LogP contribution in [0.2, 0.25) is 0 Å². The van der Waals surface area contributed by atoms with Gasteiger partial charge in [0.2, 0.25) is 0 Å². The highest BCUT2D eigenvalue weighted by molar-refractivity contribution is 7.13. The summed E-state index contributed by atoms with van der Waals surface area (Å²) in [6.45, 7) is 0.585. The molecule has 0 aliphatic heterocycles. The molecular formula is C12H12FN3O2S. The van der Waals surface area contributed by atoms with Crippen molar-refractivity contribution in [1.82, 2.24) is 4.98 Å². The van der Waals surface area contributed by atoms with Gasteiger partial charge in [0.15, 0.2) is 5.13 Å². The van der Waals surface area contributed by atoms with Crippen molar-refractivity contribution in [3.05, 3.63) is 46.7 Å². The van der Waals surface area contributed by atoms with E-state index in [1.54, 1.807) is 17.5 Å². The summed E-state index contributed by atoms with van der Waals surface area (Å²) >= 11 is 1.26. The summed E-state index contributed by atoms with van der Waals surface area (Å²) in [5.41, 5.74) is 6.41. The Kier molecular flexibility index (Phi) is 4.43. The number of carbonyl (C=O) groups is 1. The average Bonchev–Trinajstić information content (AvgIpc) is 2.76. The Balaban J connectivity index is 1.82. The Bertz CT molecular complexity index is 574. The Labute approximate surface area is 113 Å². The standard InChI is InChI=1S/C12H12FN3O2S/c13-9-3-1-2-8(4-9)5-18-6-10-7-19-12(15-10)16-11(14)17/h1-4,7H,5-6H2,(H3,14,15,16,17). The monoisotopic (exact) mass is 281 g/mol. The number of hydrogen-bond acceptors (Lipinski definition) is 4. The minimum Gasteiger partial charge on any atom is -0.370 e. The summed E-state index contributed by atoms with van der Waals surface area (Å²) < 4.78 is 18.3. The maximum Gasteiger partial charge on any atom is 0.318 e. The fraction of sp³-hybridized carbons (Fsp3) is 0.167. The number of carbonyl (C=O) groups excluding carboxylic acids is 1. The third kappa shape index (κ3) is 4.31. The quantitative estimate of drug-likeness (QED) is 0.884. The van der Waals surface area contributed by atoms with Gasteiger partial charge in [-0.2, -0.15) is 0 Å². The van der Waals surface area contributed by atoms with E-state index in [4.69, 9.17) is 10.5 Å². The van der Waals surface area contributed by atoms with Gasteiger partial charge < -0.3 is 10.5 Å². The summed E-state index contributed by atoms with van der Waals surface area (Å²) in [5.74, 6) is -0.289. The first-order valence-electron chi connectivity index (χ1n) is 5.46. The van der Waals surface area contributed by atoms with Crippen LogP contribution >= 0.6 is 11.3 Å².